The lowest BCUT2D eigenvalue weighted by molar-refractivity contribution is 0.0697. The molecule has 0 radical (unpaired) electrons. The molecule has 1 aromatic carbocycles. The number of nitrogens with zero attached hydrogens (tertiary/aromatic N) is 2. The summed E-state index contributed by atoms with van der Waals surface area (Å²) >= 11 is 0. The van der Waals surface area contributed by atoms with Crippen LogP contribution >= 0.6 is 0 Å². The van der Waals surface area contributed by atoms with E-state index in [4.69, 9.17) is 10.3 Å². The van der Waals surface area contributed by atoms with Gasteiger partial charge in [-0.05, 0) is 18.2 Å². The monoisotopic (exact) mass is 205 g/mol. The Balaban J connectivity index is 2.66. The largest absolute Gasteiger partial charge is 0.478 e. The van der Waals surface area contributed by atoms with Crippen LogP contribution < -0.4 is 0 Å². The van der Waals surface area contributed by atoms with Gasteiger partial charge in [-0.1, -0.05) is 5.16 Å². The number of carbonyl (C=O) groups is 1. The number of rotatable bonds is 2. The fourth-order valence-electron chi connectivity index (χ4n) is 1.32. The molecule has 0 amide bonds. The summed E-state index contributed by atoms with van der Waals surface area (Å²) in [6.45, 7) is 0. The number of nitrogens with one attached hydrogen (secondary N) is 1. The molecule has 15 heavy (non-hydrogen) atoms. The smallest absolute Gasteiger partial charge is 0.335 e. The molecule has 1 aromatic heterocycles. The first-order chi connectivity index (χ1) is 7.22. The van der Waals surface area contributed by atoms with E-state index in [1.54, 1.807) is 6.07 Å². The number of aromatic carboxylic acids is 1. The van der Waals surface area contributed by atoms with Crippen molar-refractivity contribution >= 4 is 23.1 Å². The average molecular weight is 205 g/mol. The van der Waals surface area contributed by atoms with E-state index in [9.17, 15) is 4.79 Å². The molecular weight excluding hydrogens is 198 g/mol. The second-order valence-electron chi connectivity index (χ2n) is 2.92. The van der Waals surface area contributed by atoms with Crippen molar-refractivity contribution in [3.63, 3.8) is 0 Å². The first-order valence-corrected chi connectivity index (χ1v) is 4.11. The normalized spacial score (nSPS) is 11.2. The van der Waals surface area contributed by atoms with Crippen LogP contribution in [0.4, 0.5) is 0 Å². The van der Waals surface area contributed by atoms with Crippen LogP contribution in [-0.4, -0.2) is 32.7 Å². The van der Waals surface area contributed by atoms with E-state index >= 15 is 0 Å². The van der Waals surface area contributed by atoms with E-state index in [0.29, 0.717) is 16.6 Å². The SMILES string of the molecule is O=C(O)c1ccc2n[nH]c(C=NO)c2c1. The second-order valence-corrected chi connectivity index (χ2v) is 2.92. The molecule has 0 saturated heterocycles. The van der Waals surface area contributed by atoms with Gasteiger partial charge in [-0.3, -0.25) is 5.10 Å². The summed E-state index contributed by atoms with van der Waals surface area (Å²) in [6.07, 6.45) is 1.17. The van der Waals surface area contributed by atoms with E-state index < -0.39 is 5.97 Å². The van der Waals surface area contributed by atoms with Gasteiger partial charge in [0.1, 0.15) is 0 Å². The van der Waals surface area contributed by atoms with Crippen molar-refractivity contribution in [3.8, 4) is 0 Å². The predicted molar refractivity (Wildman–Crippen MR) is 52.4 cm³/mol. The number of carboxylic acid groups (broad SMARTS) is 1. The van der Waals surface area contributed by atoms with Crippen LogP contribution in [-0.2, 0) is 0 Å². The van der Waals surface area contributed by atoms with Gasteiger partial charge in [0, 0.05) is 5.39 Å². The third kappa shape index (κ3) is 1.52. The molecule has 0 aliphatic carbocycles. The molecule has 0 atom stereocenters. The number of hydrogen-bond donors (Lipinski definition) is 3. The molecule has 6 heteroatoms. The summed E-state index contributed by atoms with van der Waals surface area (Å²) < 4.78 is 0. The van der Waals surface area contributed by atoms with Crippen molar-refractivity contribution in [2.45, 2.75) is 0 Å². The standard InChI is InChI=1S/C9H7N3O3/c13-9(14)5-1-2-7-6(3-5)8(4-10-15)12-11-7/h1-4,15H,(H,11,12)(H,13,14). The van der Waals surface area contributed by atoms with E-state index in [-0.39, 0.29) is 5.56 Å². The van der Waals surface area contributed by atoms with Crippen molar-refractivity contribution in [2.24, 2.45) is 5.16 Å². The highest BCUT2D eigenvalue weighted by atomic mass is 16.4. The minimum Gasteiger partial charge on any atom is -0.478 e. The first-order valence-electron chi connectivity index (χ1n) is 4.11. The molecule has 76 valence electrons. The van der Waals surface area contributed by atoms with Crippen molar-refractivity contribution in [1.29, 1.82) is 0 Å². The Kier molecular flexibility index (Phi) is 2.09. The number of benzene rings is 1. The van der Waals surface area contributed by atoms with Gasteiger partial charge in [-0.2, -0.15) is 5.10 Å². The van der Waals surface area contributed by atoms with Gasteiger partial charge in [-0.25, -0.2) is 4.79 Å². The average Bonchev–Trinajstić information content (AvgIpc) is 2.61. The highest BCUT2D eigenvalue weighted by molar-refractivity contribution is 6.00. The number of aromatic nitrogens is 2. The van der Waals surface area contributed by atoms with Crippen LogP contribution in [0, 0.1) is 0 Å². The van der Waals surface area contributed by atoms with Crippen molar-refractivity contribution in [3.05, 3.63) is 29.5 Å². The van der Waals surface area contributed by atoms with Crippen LogP contribution in [0.1, 0.15) is 16.1 Å². The third-order valence-electron chi connectivity index (χ3n) is 2.02. The highest BCUT2D eigenvalue weighted by Gasteiger charge is 2.08. The summed E-state index contributed by atoms with van der Waals surface area (Å²) in [5.74, 6) is -1.01. The number of oxime groups is 1. The summed E-state index contributed by atoms with van der Waals surface area (Å²) in [6, 6.07) is 4.52. The summed E-state index contributed by atoms with van der Waals surface area (Å²) in [5.41, 5.74) is 1.25. The Morgan fingerprint density at radius 1 is 1.53 bits per heavy atom. The van der Waals surface area contributed by atoms with E-state index in [2.05, 4.69) is 15.4 Å². The van der Waals surface area contributed by atoms with Gasteiger partial charge in [0.15, 0.2) is 0 Å². The number of aromatic amines is 1. The Labute approximate surface area is 83.8 Å². The van der Waals surface area contributed by atoms with E-state index in [0.717, 1.165) is 0 Å². The van der Waals surface area contributed by atoms with Gasteiger partial charge in [0.25, 0.3) is 0 Å². The maximum Gasteiger partial charge on any atom is 0.335 e. The fourth-order valence-corrected chi connectivity index (χ4v) is 1.32. The van der Waals surface area contributed by atoms with Gasteiger partial charge in [0.2, 0.25) is 0 Å². The minimum absolute atomic E-state index is 0.163. The van der Waals surface area contributed by atoms with Crippen LogP contribution in [0.2, 0.25) is 0 Å². The Morgan fingerprint density at radius 3 is 3.00 bits per heavy atom. The molecule has 0 fully saturated rings. The minimum atomic E-state index is -1.01. The van der Waals surface area contributed by atoms with E-state index in [1.165, 1.54) is 18.3 Å². The molecule has 0 saturated carbocycles. The third-order valence-corrected chi connectivity index (χ3v) is 2.02. The molecule has 1 heterocycles. The van der Waals surface area contributed by atoms with Crippen molar-refractivity contribution in [2.75, 3.05) is 0 Å². The lowest BCUT2D eigenvalue weighted by Gasteiger charge is -1.93. The van der Waals surface area contributed by atoms with Crippen LogP contribution in [0.3, 0.4) is 0 Å². The summed E-state index contributed by atoms with van der Waals surface area (Å²) in [7, 11) is 0. The summed E-state index contributed by atoms with van der Waals surface area (Å²) in [4.78, 5) is 10.7. The Bertz CT molecular complexity index is 545. The Hall–Kier alpha value is -2.37. The zero-order valence-electron chi connectivity index (χ0n) is 7.51. The molecule has 2 aromatic rings. The quantitative estimate of drug-likeness (QED) is 0.388. The molecule has 0 aliphatic heterocycles. The van der Waals surface area contributed by atoms with Gasteiger partial charge < -0.3 is 10.3 Å². The first kappa shape index (κ1) is 9.20. The second kappa shape index (κ2) is 3.41. The number of H-pyrrole nitrogens is 1. The van der Waals surface area contributed by atoms with Crippen LogP contribution in [0.5, 0.6) is 0 Å². The highest BCUT2D eigenvalue weighted by Crippen LogP contribution is 2.16. The Morgan fingerprint density at radius 2 is 2.33 bits per heavy atom. The lowest BCUT2D eigenvalue weighted by Crippen LogP contribution is -1.95. The summed E-state index contributed by atoms with van der Waals surface area (Å²) in [5, 5.41) is 27.2. The predicted octanol–water partition coefficient (Wildman–Crippen LogP) is 1.07. The number of hydrogen-bond acceptors (Lipinski definition) is 4. The maximum atomic E-state index is 10.7. The maximum absolute atomic E-state index is 10.7. The molecule has 0 aliphatic rings. The van der Waals surface area contributed by atoms with Crippen molar-refractivity contribution < 1.29 is 15.1 Å². The van der Waals surface area contributed by atoms with Gasteiger partial charge >= 0.3 is 5.97 Å². The van der Waals surface area contributed by atoms with Crippen LogP contribution in [0.25, 0.3) is 10.9 Å². The van der Waals surface area contributed by atoms with Gasteiger partial charge in [0.05, 0.1) is 23.0 Å². The fraction of sp³-hybridized carbons (Fsp3) is 0. The molecule has 0 spiro atoms. The molecule has 3 N–H and O–H groups in total. The molecule has 0 unspecified atom stereocenters. The molecular formula is C9H7N3O3. The number of carboxylic acids is 1. The van der Waals surface area contributed by atoms with Crippen molar-refractivity contribution in [1.82, 2.24) is 10.2 Å². The van der Waals surface area contributed by atoms with Gasteiger partial charge in [-0.15, -0.1) is 0 Å². The zero-order chi connectivity index (χ0) is 10.8. The topological polar surface area (TPSA) is 98.6 Å². The lowest BCUT2D eigenvalue weighted by atomic mass is 10.1. The number of fused-ring (bicyclic) bond motifs is 1. The zero-order valence-corrected chi connectivity index (χ0v) is 7.51. The van der Waals surface area contributed by atoms with Crippen LogP contribution in [0.15, 0.2) is 23.4 Å². The molecule has 6 nitrogen and oxygen atoms in total. The molecule has 0 bridgehead atoms. The molecule has 2 rings (SSSR count). The van der Waals surface area contributed by atoms with E-state index in [1.807, 2.05) is 0 Å².